The highest BCUT2D eigenvalue weighted by molar-refractivity contribution is 5.79. The number of nitrogens with one attached hydrogen (secondary N) is 1. The average Bonchev–Trinajstić information content (AvgIpc) is 2.54. The van der Waals surface area contributed by atoms with Crippen molar-refractivity contribution in [3.05, 3.63) is 28.2 Å². The Bertz CT molecular complexity index is 641. The van der Waals surface area contributed by atoms with Gasteiger partial charge in [0.25, 0.3) is 0 Å². The zero-order valence-corrected chi connectivity index (χ0v) is 11.2. The van der Waals surface area contributed by atoms with Crippen LogP contribution in [0, 0.1) is 0 Å². The van der Waals surface area contributed by atoms with Crippen LogP contribution >= 0.6 is 0 Å². The van der Waals surface area contributed by atoms with Crippen LogP contribution in [0.2, 0.25) is 0 Å². The largest absolute Gasteiger partial charge is 0.307 e. The summed E-state index contributed by atoms with van der Waals surface area (Å²) in [7, 11) is 0. The number of aromatic amines is 1. The standard InChI is InChI=1S/C14H19N3O/c1-14(2,3)17-13-10(7-8-11(18)15-13)12(16-17)9-5-4-6-9/h7-9H,4-6H2,1-3H3,(H,15,18). The number of aromatic nitrogens is 3. The highest BCUT2D eigenvalue weighted by Crippen LogP contribution is 2.39. The molecule has 0 aliphatic heterocycles. The fourth-order valence-electron chi connectivity index (χ4n) is 2.52. The van der Waals surface area contributed by atoms with Gasteiger partial charge in [0.05, 0.1) is 11.2 Å². The molecule has 0 unspecified atom stereocenters. The first kappa shape index (κ1) is 11.5. The lowest BCUT2D eigenvalue weighted by molar-refractivity contribution is 0.349. The van der Waals surface area contributed by atoms with Gasteiger partial charge < -0.3 is 4.98 Å². The summed E-state index contributed by atoms with van der Waals surface area (Å²) >= 11 is 0. The first-order valence-electron chi connectivity index (χ1n) is 6.59. The molecule has 2 heterocycles. The lowest BCUT2D eigenvalue weighted by Crippen LogP contribution is -2.24. The minimum atomic E-state index is -0.120. The highest BCUT2D eigenvalue weighted by atomic mass is 16.1. The Balaban J connectivity index is 2.28. The van der Waals surface area contributed by atoms with Crippen LogP contribution in [0.5, 0.6) is 0 Å². The van der Waals surface area contributed by atoms with E-state index < -0.39 is 0 Å². The van der Waals surface area contributed by atoms with E-state index in [1.165, 1.54) is 19.3 Å². The number of H-pyrrole nitrogens is 1. The molecule has 1 aliphatic carbocycles. The maximum absolute atomic E-state index is 11.5. The molecule has 0 atom stereocenters. The maximum Gasteiger partial charge on any atom is 0.249 e. The molecule has 96 valence electrons. The van der Waals surface area contributed by atoms with Crippen molar-refractivity contribution in [2.45, 2.75) is 51.5 Å². The lowest BCUT2D eigenvalue weighted by Gasteiger charge is -2.24. The van der Waals surface area contributed by atoms with Crippen molar-refractivity contribution in [3.8, 4) is 0 Å². The molecule has 1 fully saturated rings. The second kappa shape index (κ2) is 3.70. The first-order chi connectivity index (χ1) is 8.47. The van der Waals surface area contributed by atoms with Gasteiger partial charge in [-0.05, 0) is 39.7 Å². The Labute approximate surface area is 106 Å². The summed E-state index contributed by atoms with van der Waals surface area (Å²) in [5.41, 5.74) is 1.83. The van der Waals surface area contributed by atoms with Crippen molar-refractivity contribution in [2.75, 3.05) is 0 Å². The van der Waals surface area contributed by atoms with E-state index in [0.29, 0.717) is 5.92 Å². The van der Waals surface area contributed by atoms with Crippen LogP contribution in [0.25, 0.3) is 11.0 Å². The Kier molecular flexibility index (Phi) is 2.37. The summed E-state index contributed by atoms with van der Waals surface area (Å²) in [5.74, 6) is 0.571. The molecule has 0 amide bonds. The minimum Gasteiger partial charge on any atom is -0.307 e. The second-order valence-electron chi connectivity index (χ2n) is 6.18. The zero-order valence-electron chi connectivity index (χ0n) is 11.2. The van der Waals surface area contributed by atoms with Crippen LogP contribution in [0.15, 0.2) is 16.9 Å². The third kappa shape index (κ3) is 1.67. The summed E-state index contributed by atoms with van der Waals surface area (Å²) in [5, 5.41) is 5.88. The predicted octanol–water partition coefficient (Wildman–Crippen LogP) is 2.75. The van der Waals surface area contributed by atoms with Crippen molar-refractivity contribution >= 4 is 11.0 Å². The van der Waals surface area contributed by atoms with E-state index in [0.717, 1.165) is 16.7 Å². The first-order valence-corrected chi connectivity index (χ1v) is 6.59. The van der Waals surface area contributed by atoms with Gasteiger partial charge in [0.1, 0.15) is 5.65 Å². The van der Waals surface area contributed by atoms with Crippen LogP contribution in [-0.4, -0.2) is 14.8 Å². The molecule has 18 heavy (non-hydrogen) atoms. The summed E-state index contributed by atoms with van der Waals surface area (Å²) in [6.07, 6.45) is 3.72. The molecular weight excluding hydrogens is 226 g/mol. The molecule has 2 aromatic rings. The van der Waals surface area contributed by atoms with E-state index in [1.54, 1.807) is 6.07 Å². The van der Waals surface area contributed by atoms with Crippen molar-refractivity contribution in [3.63, 3.8) is 0 Å². The van der Waals surface area contributed by atoms with E-state index >= 15 is 0 Å². The van der Waals surface area contributed by atoms with E-state index in [2.05, 4.69) is 25.8 Å². The third-order valence-corrected chi connectivity index (χ3v) is 3.72. The molecule has 0 aromatic carbocycles. The fourth-order valence-corrected chi connectivity index (χ4v) is 2.52. The molecule has 1 aliphatic rings. The number of pyridine rings is 1. The summed E-state index contributed by atoms with van der Waals surface area (Å²) in [6.45, 7) is 6.32. The SMILES string of the molecule is CC(C)(C)n1nc(C2CCC2)c2ccc(=O)[nH]c21. The number of fused-ring (bicyclic) bond motifs is 1. The monoisotopic (exact) mass is 245 g/mol. The van der Waals surface area contributed by atoms with Crippen LogP contribution in [-0.2, 0) is 5.54 Å². The number of hydrogen-bond acceptors (Lipinski definition) is 2. The van der Waals surface area contributed by atoms with Gasteiger partial charge >= 0.3 is 0 Å². The van der Waals surface area contributed by atoms with Gasteiger partial charge in [-0.3, -0.25) is 4.79 Å². The lowest BCUT2D eigenvalue weighted by atomic mass is 9.82. The molecule has 1 saturated carbocycles. The number of nitrogens with zero attached hydrogens (tertiary/aromatic N) is 2. The molecule has 2 aromatic heterocycles. The summed E-state index contributed by atoms with van der Waals surface area (Å²) in [4.78, 5) is 14.5. The quantitative estimate of drug-likeness (QED) is 0.839. The van der Waals surface area contributed by atoms with E-state index in [-0.39, 0.29) is 11.1 Å². The van der Waals surface area contributed by atoms with Gasteiger partial charge in [-0.25, -0.2) is 4.68 Å². The Morgan fingerprint density at radius 1 is 1.33 bits per heavy atom. The highest BCUT2D eigenvalue weighted by Gasteiger charge is 2.28. The van der Waals surface area contributed by atoms with E-state index in [9.17, 15) is 4.79 Å². The maximum atomic E-state index is 11.5. The molecule has 0 saturated heterocycles. The Hall–Kier alpha value is -1.58. The van der Waals surface area contributed by atoms with Crippen LogP contribution in [0.4, 0.5) is 0 Å². The normalized spacial score (nSPS) is 17.1. The molecule has 4 nitrogen and oxygen atoms in total. The van der Waals surface area contributed by atoms with Crippen LogP contribution in [0.3, 0.4) is 0 Å². The van der Waals surface area contributed by atoms with Crippen molar-refractivity contribution in [1.29, 1.82) is 0 Å². The van der Waals surface area contributed by atoms with Gasteiger partial charge in [0.2, 0.25) is 5.56 Å². The van der Waals surface area contributed by atoms with Crippen molar-refractivity contribution in [1.82, 2.24) is 14.8 Å². The molecule has 3 rings (SSSR count). The van der Waals surface area contributed by atoms with E-state index in [1.807, 2.05) is 10.7 Å². The Morgan fingerprint density at radius 2 is 2.06 bits per heavy atom. The molecule has 0 radical (unpaired) electrons. The van der Waals surface area contributed by atoms with Crippen LogP contribution in [0.1, 0.15) is 51.6 Å². The minimum absolute atomic E-state index is 0.0620. The van der Waals surface area contributed by atoms with Crippen molar-refractivity contribution in [2.24, 2.45) is 0 Å². The smallest absolute Gasteiger partial charge is 0.249 e. The zero-order chi connectivity index (χ0) is 12.9. The van der Waals surface area contributed by atoms with E-state index in [4.69, 9.17) is 5.10 Å². The number of hydrogen-bond donors (Lipinski definition) is 1. The predicted molar refractivity (Wildman–Crippen MR) is 71.9 cm³/mol. The van der Waals surface area contributed by atoms with Gasteiger partial charge in [-0.15, -0.1) is 0 Å². The van der Waals surface area contributed by atoms with Gasteiger partial charge in [-0.2, -0.15) is 5.10 Å². The molecule has 0 bridgehead atoms. The molecule has 4 heteroatoms. The number of rotatable bonds is 1. The molecular formula is C14H19N3O. The van der Waals surface area contributed by atoms with Gasteiger partial charge in [0.15, 0.2) is 0 Å². The second-order valence-corrected chi connectivity index (χ2v) is 6.18. The summed E-state index contributed by atoms with van der Waals surface area (Å²) < 4.78 is 1.96. The summed E-state index contributed by atoms with van der Waals surface area (Å²) in [6, 6.07) is 3.51. The average molecular weight is 245 g/mol. The molecule has 0 spiro atoms. The van der Waals surface area contributed by atoms with Crippen LogP contribution < -0.4 is 5.56 Å². The topological polar surface area (TPSA) is 50.7 Å². The fraction of sp³-hybridized carbons (Fsp3) is 0.571. The van der Waals surface area contributed by atoms with Gasteiger partial charge in [0, 0.05) is 17.4 Å². The third-order valence-electron chi connectivity index (χ3n) is 3.72. The van der Waals surface area contributed by atoms with Crippen molar-refractivity contribution < 1.29 is 0 Å². The molecule has 1 N–H and O–H groups in total. The van der Waals surface area contributed by atoms with Gasteiger partial charge in [-0.1, -0.05) is 6.42 Å². The Morgan fingerprint density at radius 3 is 2.61 bits per heavy atom.